The summed E-state index contributed by atoms with van der Waals surface area (Å²) in [5, 5.41) is 11.2. The van der Waals surface area contributed by atoms with E-state index in [1.54, 1.807) is 18.3 Å². The molecular formula is C11H19IrN4. The molecular weight excluding hydrogens is 380 g/mol. The van der Waals surface area contributed by atoms with Crippen LogP contribution < -0.4 is 10.3 Å². The van der Waals surface area contributed by atoms with Crippen molar-refractivity contribution in [2.45, 2.75) is 13.8 Å². The maximum atomic E-state index is 8.24. The van der Waals surface area contributed by atoms with Gasteiger partial charge in [0.2, 0.25) is 0 Å². The Labute approximate surface area is 112 Å². The first kappa shape index (κ1) is 20.6. The Hall–Kier alpha value is -0.771. The molecule has 4 nitrogen and oxygen atoms in total. The van der Waals surface area contributed by atoms with Crippen LogP contribution in [0.4, 0.5) is 0 Å². The van der Waals surface area contributed by atoms with Crippen LogP contribution in [0.2, 0.25) is 0 Å². The summed E-state index contributed by atoms with van der Waals surface area (Å²) in [5.41, 5.74) is 0.611. The van der Waals surface area contributed by atoms with Gasteiger partial charge in [-0.3, -0.25) is 10.3 Å². The minimum absolute atomic E-state index is 0. The van der Waals surface area contributed by atoms with E-state index in [-0.39, 0.29) is 27.5 Å². The minimum Gasteiger partial charge on any atom is -0.812 e. The molecule has 16 heavy (non-hydrogen) atoms. The molecule has 5 heteroatoms. The van der Waals surface area contributed by atoms with Crippen LogP contribution in [0, 0.1) is 7.43 Å². The molecule has 0 bridgehead atoms. The molecule has 0 saturated carbocycles. The Morgan fingerprint density at radius 1 is 1.50 bits per heavy atom. The van der Waals surface area contributed by atoms with Gasteiger partial charge in [-0.1, -0.05) is 26.0 Å². The number of nitrogens with zero attached hydrogens (tertiary/aromatic N) is 3. The molecule has 1 aromatic heterocycles. The topological polar surface area (TPSA) is 60.8 Å². The van der Waals surface area contributed by atoms with Gasteiger partial charge >= 0.3 is 20.1 Å². The van der Waals surface area contributed by atoms with E-state index in [1.165, 1.54) is 0 Å². The first-order valence-corrected chi connectivity index (χ1v) is 4.67. The van der Waals surface area contributed by atoms with Crippen LogP contribution in [0.1, 0.15) is 19.5 Å². The molecule has 1 aromatic rings. The van der Waals surface area contributed by atoms with Gasteiger partial charge in [0.1, 0.15) is 0 Å². The van der Waals surface area contributed by atoms with Crippen LogP contribution in [0.3, 0.4) is 0 Å². The van der Waals surface area contributed by atoms with Crippen molar-refractivity contribution in [3.05, 3.63) is 36.9 Å². The summed E-state index contributed by atoms with van der Waals surface area (Å²) in [6, 6.07) is 3.49. The zero-order chi connectivity index (χ0) is 10.6. The van der Waals surface area contributed by atoms with Gasteiger partial charge in [-0.15, -0.1) is 0 Å². The Kier molecular flexibility index (Phi) is 21.5. The van der Waals surface area contributed by atoms with Crippen molar-refractivity contribution in [2.24, 2.45) is 4.99 Å². The van der Waals surface area contributed by atoms with E-state index in [1.807, 2.05) is 20.1 Å². The van der Waals surface area contributed by atoms with E-state index in [0.717, 1.165) is 19.4 Å². The predicted molar refractivity (Wildman–Crippen MR) is 67.4 cm³/mol. The fourth-order valence-corrected chi connectivity index (χ4v) is 0.713. The average Bonchev–Trinajstić information content (AvgIpc) is 2.97. The number of aliphatic imine (C=N–C) groups is 1. The fourth-order valence-electron chi connectivity index (χ4n) is 0.713. The molecule has 0 saturated heterocycles. The molecule has 0 spiro atoms. The largest absolute Gasteiger partial charge is 3.00 e. The zero-order valence-electron chi connectivity index (χ0n) is 9.98. The Morgan fingerprint density at radius 3 is 2.38 bits per heavy atom. The summed E-state index contributed by atoms with van der Waals surface area (Å²) in [7, 11) is 0. The minimum atomic E-state index is 0. The normalized spacial score (nSPS) is 10.6. The summed E-state index contributed by atoms with van der Waals surface area (Å²) in [5.74, 6) is 0. The molecule has 1 aliphatic rings. The van der Waals surface area contributed by atoms with Gasteiger partial charge in [-0.25, -0.2) is 6.21 Å². The van der Waals surface area contributed by atoms with E-state index in [2.05, 4.69) is 15.3 Å². The van der Waals surface area contributed by atoms with Gasteiger partial charge in [0.15, 0.2) is 0 Å². The Bertz CT molecular complexity index is 238. The third-order valence-corrected chi connectivity index (χ3v) is 1.28. The maximum Gasteiger partial charge on any atom is 3.00 e. The van der Waals surface area contributed by atoms with Gasteiger partial charge in [-0.2, -0.15) is 11.9 Å². The summed E-state index contributed by atoms with van der Waals surface area (Å²) in [6.45, 7) is 5.78. The molecule has 2 rings (SSSR count). The van der Waals surface area contributed by atoms with Crippen LogP contribution >= 0.6 is 0 Å². The van der Waals surface area contributed by atoms with Crippen molar-refractivity contribution < 1.29 is 20.1 Å². The molecule has 0 unspecified atom stereocenters. The van der Waals surface area contributed by atoms with Crippen LogP contribution in [0.5, 0.6) is 0 Å². The van der Waals surface area contributed by atoms with Gasteiger partial charge < -0.3 is 17.8 Å². The summed E-state index contributed by atoms with van der Waals surface area (Å²) in [6.07, 6.45) is 4.47. The smallest absolute Gasteiger partial charge is 0.812 e. The number of nitrogens with one attached hydrogen (secondary N) is 1. The van der Waals surface area contributed by atoms with Gasteiger partial charge in [0.05, 0.1) is 6.67 Å². The number of aromatic nitrogens is 1. The monoisotopic (exact) mass is 400 g/mol. The second-order valence-corrected chi connectivity index (χ2v) is 2.17. The van der Waals surface area contributed by atoms with Crippen LogP contribution in [-0.4, -0.2) is 25.6 Å². The van der Waals surface area contributed by atoms with Crippen molar-refractivity contribution in [2.75, 3.05) is 13.2 Å². The number of rotatable bonds is 1. The Balaban J connectivity index is -0.000000169. The second kappa shape index (κ2) is 16.7. The predicted octanol–water partition coefficient (Wildman–Crippen LogP) is 1.72. The first-order chi connectivity index (χ1) is 6.93. The molecule has 92 valence electrons. The molecule has 0 atom stereocenters. The van der Waals surface area contributed by atoms with Gasteiger partial charge in [-0.05, 0) is 0 Å². The second-order valence-electron chi connectivity index (χ2n) is 2.17. The SMILES string of the molecule is C1=NCNC1.CC.[CH3-].[Ir+3].[N-]=Cc1ccc[n-]1. The van der Waals surface area contributed by atoms with Gasteiger partial charge in [0.25, 0.3) is 0 Å². The van der Waals surface area contributed by atoms with Crippen LogP contribution in [0.25, 0.3) is 5.41 Å². The van der Waals surface area contributed by atoms with E-state index in [9.17, 15) is 0 Å². The quantitative estimate of drug-likeness (QED) is 0.578. The molecule has 0 radical (unpaired) electrons. The van der Waals surface area contributed by atoms with Crippen molar-refractivity contribution in [3.63, 3.8) is 0 Å². The summed E-state index contributed by atoms with van der Waals surface area (Å²) >= 11 is 0. The van der Waals surface area contributed by atoms with Crippen molar-refractivity contribution in [1.29, 1.82) is 0 Å². The van der Waals surface area contributed by atoms with Crippen molar-refractivity contribution >= 4 is 12.4 Å². The summed E-state index contributed by atoms with van der Waals surface area (Å²) in [4.78, 5) is 7.58. The van der Waals surface area contributed by atoms with E-state index < -0.39 is 0 Å². The average molecular weight is 400 g/mol. The van der Waals surface area contributed by atoms with Gasteiger partial charge in [0, 0.05) is 12.8 Å². The molecule has 0 aromatic carbocycles. The molecule has 0 fully saturated rings. The third kappa shape index (κ3) is 11.3. The maximum absolute atomic E-state index is 8.24. The zero-order valence-corrected chi connectivity index (χ0v) is 12.4. The molecule has 1 N–H and O–H groups in total. The molecule has 0 aliphatic carbocycles. The van der Waals surface area contributed by atoms with Crippen LogP contribution in [0.15, 0.2) is 23.3 Å². The molecule has 2 heterocycles. The number of hydrogen-bond donors (Lipinski definition) is 1. The first-order valence-electron chi connectivity index (χ1n) is 4.67. The standard InChI is InChI=1S/C5H4N2.C3H6N2.C2H6.CH3.Ir/c6-4-5-2-1-3-7-5;1-2-5-3-4-1;1-2;;/h1-4H;1,5H,2-3H2;1-2H3;1H3;/q-2;;;-1;+3. The van der Waals surface area contributed by atoms with Crippen molar-refractivity contribution in [1.82, 2.24) is 10.3 Å². The van der Waals surface area contributed by atoms with E-state index >= 15 is 0 Å². The van der Waals surface area contributed by atoms with E-state index in [4.69, 9.17) is 5.41 Å². The molecule has 1 aliphatic heterocycles. The van der Waals surface area contributed by atoms with Crippen LogP contribution in [-0.2, 0) is 20.1 Å². The Morgan fingerprint density at radius 2 is 2.19 bits per heavy atom. The molecule has 0 amide bonds. The number of hydrogen-bond acceptors (Lipinski definition) is 2. The van der Waals surface area contributed by atoms with E-state index in [0.29, 0.717) is 5.69 Å². The third-order valence-electron chi connectivity index (χ3n) is 1.28. The van der Waals surface area contributed by atoms with Crippen molar-refractivity contribution in [3.8, 4) is 0 Å². The fraction of sp³-hybridized carbons (Fsp3) is 0.364. The summed E-state index contributed by atoms with van der Waals surface area (Å²) < 4.78 is 0.